The number of aryl methyl sites for hydroxylation is 1. The van der Waals surface area contributed by atoms with Gasteiger partial charge in [0.05, 0.1) is 11.0 Å². The van der Waals surface area contributed by atoms with E-state index in [0.717, 1.165) is 61.9 Å². The molecule has 14 rings (SSSR count). The number of rotatable bonds is 5. The van der Waals surface area contributed by atoms with Gasteiger partial charge < -0.3 is 25.2 Å². The van der Waals surface area contributed by atoms with Gasteiger partial charge in [-0.1, -0.05) is 93.2 Å². The van der Waals surface area contributed by atoms with Crippen LogP contribution in [0.3, 0.4) is 0 Å². The van der Waals surface area contributed by atoms with Crippen LogP contribution in [-0.4, -0.2) is 64.6 Å². The van der Waals surface area contributed by atoms with Crippen molar-refractivity contribution in [1.29, 1.82) is 0 Å². The van der Waals surface area contributed by atoms with E-state index in [1.807, 2.05) is 0 Å². The van der Waals surface area contributed by atoms with Crippen molar-refractivity contribution in [3.8, 4) is 11.8 Å². The van der Waals surface area contributed by atoms with Crippen LogP contribution in [-0.2, 0) is 32.7 Å². The highest BCUT2D eigenvalue weighted by molar-refractivity contribution is 6.01. The number of fused-ring (bicyclic) bond motifs is 11. The lowest BCUT2D eigenvalue weighted by Crippen LogP contribution is -2.78. The number of hydrogen-bond donors (Lipinski definition) is 2. The molecule has 8 heteroatoms. The van der Waals surface area contributed by atoms with Gasteiger partial charge in [-0.15, -0.1) is 0 Å². The molecule has 4 saturated heterocycles. The molecule has 6 aliphatic heterocycles. The molecule has 6 heterocycles. The van der Waals surface area contributed by atoms with Crippen LogP contribution in [0.2, 0.25) is 0 Å². The summed E-state index contributed by atoms with van der Waals surface area (Å²) in [6, 6.07) is 5.41. The third-order valence-corrected chi connectivity index (χ3v) is 22.2. The molecule has 7 aliphatic carbocycles. The number of nitrogens with zero attached hydrogens (tertiary/aromatic N) is 2. The van der Waals surface area contributed by atoms with E-state index < -0.39 is 16.4 Å². The van der Waals surface area contributed by atoms with Gasteiger partial charge in [0.2, 0.25) is 0 Å². The molecule has 346 valence electrons. The van der Waals surface area contributed by atoms with Gasteiger partial charge in [-0.3, -0.25) is 9.69 Å². The molecule has 3 spiro atoms. The van der Waals surface area contributed by atoms with Gasteiger partial charge >= 0.3 is 11.9 Å². The van der Waals surface area contributed by atoms with Crippen LogP contribution in [0.15, 0.2) is 58.2 Å². The van der Waals surface area contributed by atoms with Gasteiger partial charge in [0.15, 0.2) is 11.4 Å². The molecule has 0 unspecified atom stereocenters. The molecule has 0 amide bonds. The van der Waals surface area contributed by atoms with Crippen LogP contribution in [0.25, 0.3) is 0 Å². The average Bonchev–Trinajstić information content (AvgIpc) is 3.78. The van der Waals surface area contributed by atoms with E-state index in [-0.39, 0.29) is 59.2 Å². The Morgan fingerprint density at radius 2 is 1.83 bits per heavy atom. The second kappa shape index (κ2) is 13.7. The number of ether oxygens (including phenoxy) is 2. The van der Waals surface area contributed by atoms with Gasteiger partial charge in [-0.25, -0.2) is 4.79 Å². The van der Waals surface area contributed by atoms with Crippen molar-refractivity contribution in [2.75, 3.05) is 19.6 Å². The maximum atomic E-state index is 16.4. The Hall–Kier alpha value is -3.80. The first-order valence-electron chi connectivity index (χ1n) is 27.1. The van der Waals surface area contributed by atoms with Gasteiger partial charge in [-0.2, -0.15) is 0 Å². The van der Waals surface area contributed by atoms with Crippen molar-refractivity contribution in [2.24, 2.45) is 81.7 Å². The fraction of sp³-hybridized carbons (Fsp3) is 0.690. The van der Waals surface area contributed by atoms with Crippen LogP contribution >= 0.6 is 0 Å². The number of carbonyl (C=O) groups is 2. The summed E-state index contributed by atoms with van der Waals surface area (Å²) in [4.78, 5) is 37.6. The molecule has 13 aliphatic rings. The highest BCUT2D eigenvalue weighted by Crippen LogP contribution is 2.88. The zero-order valence-corrected chi connectivity index (χ0v) is 39.3. The van der Waals surface area contributed by atoms with Gasteiger partial charge in [-0.05, 0) is 142 Å². The minimum atomic E-state index is -1.19. The second-order valence-corrected chi connectivity index (χ2v) is 24.7. The zero-order valence-electron chi connectivity index (χ0n) is 39.3. The van der Waals surface area contributed by atoms with E-state index in [1.54, 1.807) is 11.3 Å². The fourth-order valence-corrected chi connectivity index (χ4v) is 20.2. The molecule has 2 saturated carbocycles. The number of esters is 2. The number of benzene rings is 1. The molecule has 3 N–H and O–H groups in total. The summed E-state index contributed by atoms with van der Waals surface area (Å²) < 4.78 is 14.6. The SMILES string of the molecule is C[C@@H]1/C=C\[C@H]2C[C@H]3[C@@H]4C5=C2[C@@]26C(=O)O/C7=C(/O)[C@@H]8[C@H](C#CCc9ccc(CCCN)c%10c9[C@@](OC%10=O)([C@H]2C1)[C@]76CC5)C[C@H]1[C@H]2C[C@@H](CN1[C@@H]8CC1CCCCC1)[C@H]1CCC(=C4N1C2)C[C@@H]3C. The number of aliphatic hydroxyl groups is 1. The molecule has 0 aromatic heterocycles. The quantitative estimate of drug-likeness (QED) is 0.171. The van der Waals surface area contributed by atoms with E-state index in [1.165, 1.54) is 68.9 Å². The Kier molecular flexibility index (Phi) is 8.33. The Morgan fingerprint density at radius 3 is 2.70 bits per heavy atom. The van der Waals surface area contributed by atoms with Gasteiger partial charge in [0, 0.05) is 72.6 Å². The summed E-state index contributed by atoms with van der Waals surface area (Å²) in [5, 5.41) is 14.1. The molecule has 8 nitrogen and oxygen atoms in total. The van der Waals surface area contributed by atoms with Crippen LogP contribution < -0.4 is 5.73 Å². The highest BCUT2D eigenvalue weighted by Gasteiger charge is 2.94. The van der Waals surface area contributed by atoms with Crippen LogP contribution in [0.4, 0.5) is 0 Å². The standard InChI is InChI=1S/C58H69N3O5/c1-30-13-14-36-26-41-31(2)23-37-17-18-42-38-25-39-29-61(42)51(37)48(41)40-19-20-56-53-52(62)46-35(27-43(39)60(28-38)44(46)24-32-8-4-3-5-9-32)11-6-10-34-16-15-33(12-7-21-59)47-50(34)58(56,66-54(47)63)45(22-30)57(56,49(36)40)55(64)65-53/h13-16,30-32,35-36,38-39,41-46,48,62H,3-5,7-10,12,17-29,59H2,1-2H3/b14-13-,53-52+/t30-,31+,35-,36+,38+,39+,41-,42-,43+,44-,45+,46-,48+,56-,57-,58+/m1/s1. The zero-order chi connectivity index (χ0) is 44.2. The summed E-state index contributed by atoms with van der Waals surface area (Å²) in [7, 11) is 0. The van der Waals surface area contributed by atoms with E-state index in [9.17, 15) is 5.11 Å². The largest absolute Gasteiger partial charge is 0.508 e. The molecule has 0 radical (unpaired) electrons. The number of hydrogen-bond acceptors (Lipinski definition) is 8. The first kappa shape index (κ1) is 40.1. The highest BCUT2D eigenvalue weighted by atomic mass is 16.6. The Balaban J connectivity index is 1.08. The lowest BCUT2D eigenvalue weighted by molar-refractivity contribution is -0.281. The number of aliphatic hydroxyl groups excluding tert-OH is 1. The van der Waals surface area contributed by atoms with E-state index >= 15 is 9.59 Å². The topological polar surface area (TPSA) is 105 Å². The minimum Gasteiger partial charge on any atom is -0.508 e. The number of piperidine rings is 3. The van der Waals surface area contributed by atoms with Crippen molar-refractivity contribution in [3.05, 3.63) is 80.5 Å². The minimum absolute atomic E-state index is 0.0823. The molecule has 1 aromatic carbocycles. The number of allylic oxidation sites excluding steroid dienone is 4. The summed E-state index contributed by atoms with van der Waals surface area (Å²) in [6.07, 6.45) is 23.3. The Morgan fingerprint density at radius 1 is 0.970 bits per heavy atom. The third kappa shape index (κ3) is 4.60. The molecular formula is C58H69N3O5. The van der Waals surface area contributed by atoms with Crippen molar-refractivity contribution < 1.29 is 24.2 Å². The Bertz CT molecular complexity index is 2590. The van der Waals surface area contributed by atoms with Gasteiger partial charge in [0.25, 0.3) is 0 Å². The van der Waals surface area contributed by atoms with E-state index in [0.29, 0.717) is 85.2 Å². The molecule has 2 bridgehead atoms. The second-order valence-electron chi connectivity index (χ2n) is 24.7. The van der Waals surface area contributed by atoms with E-state index in [2.05, 4.69) is 59.8 Å². The van der Waals surface area contributed by atoms with Crippen LogP contribution in [0.5, 0.6) is 0 Å². The van der Waals surface area contributed by atoms with Crippen molar-refractivity contribution in [1.82, 2.24) is 9.80 Å². The maximum Gasteiger partial charge on any atom is 0.339 e. The first-order valence-corrected chi connectivity index (χ1v) is 27.1. The summed E-state index contributed by atoms with van der Waals surface area (Å²) in [6.45, 7) is 7.57. The monoisotopic (exact) mass is 888 g/mol. The number of carbonyl (C=O) groups excluding carboxylic acids is 2. The summed E-state index contributed by atoms with van der Waals surface area (Å²) >= 11 is 0. The lowest BCUT2D eigenvalue weighted by atomic mass is 9.27. The van der Waals surface area contributed by atoms with E-state index in [4.69, 9.17) is 15.2 Å². The molecular weight excluding hydrogens is 819 g/mol. The summed E-state index contributed by atoms with van der Waals surface area (Å²) in [5.74, 6) is 10.6. The maximum absolute atomic E-state index is 16.4. The van der Waals surface area contributed by atoms with Crippen molar-refractivity contribution >= 4 is 11.9 Å². The van der Waals surface area contributed by atoms with Gasteiger partial charge in [0.1, 0.15) is 11.2 Å². The average molecular weight is 888 g/mol. The van der Waals surface area contributed by atoms with Crippen LogP contribution in [0, 0.1) is 87.8 Å². The normalized spacial score (nSPS) is 47.8. The van der Waals surface area contributed by atoms with Crippen molar-refractivity contribution in [2.45, 2.75) is 153 Å². The van der Waals surface area contributed by atoms with Crippen molar-refractivity contribution in [3.63, 3.8) is 0 Å². The third-order valence-electron chi connectivity index (χ3n) is 22.2. The predicted octanol–water partition coefficient (Wildman–Crippen LogP) is 9.44. The Labute approximate surface area is 391 Å². The smallest absolute Gasteiger partial charge is 0.339 e. The number of nitrogens with two attached hydrogens (primary N) is 1. The molecule has 1 aromatic rings. The first-order chi connectivity index (χ1) is 32.2. The molecule has 66 heavy (non-hydrogen) atoms. The molecule has 16 atom stereocenters. The summed E-state index contributed by atoms with van der Waals surface area (Å²) in [5.41, 5.74) is 12.7. The van der Waals surface area contributed by atoms with Crippen LogP contribution in [0.1, 0.15) is 144 Å². The fourth-order valence-electron chi connectivity index (χ4n) is 20.2. The molecule has 6 fully saturated rings. The predicted molar refractivity (Wildman–Crippen MR) is 250 cm³/mol. The lowest BCUT2D eigenvalue weighted by Gasteiger charge is -2.73.